The summed E-state index contributed by atoms with van der Waals surface area (Å²) in [5, 5.41) is 4.46. The predicted molar refractivity (Wildman–Crippen MR) is 69.2 cm³/mol. The quantitative estimate of drug-likeness (QED) is 0.214. The topological polar surface area (TPSA) is 145 Å². The SMILES string of the molecule is O=P([O-])([O-])C(NC(=S)NC1CCCCC1)P(=O)(O)O.[Na+].[Na+]. The van der Waals surface area contributed by atoms with Gasteiger partial charge in [-0.2, -0.15) is 0 Å². The van der Waals surface area contributed by atoms with E-state index < -0.39 is 20.7 Å². The normalized spacial score (nSPS) is 17.9. The summed E-state index contributed by atoms with van der Waals surface area (Å²) in [6, 6.07) is 0.0314. The van der Waals surface area contributed by atoms with E-state index in [1.165, 1.54) is 0 Å². The molecule has 1 aliphatic rings. The predicted octanol–water partition coefficient (Wildman–Crippen LogP) is -6.83. The van der Waals surface area contributed by atoms with Gasteiger partial charge < -0.3 is 34.8 Å². The second kappa shape index (κ2) is 10.8. The van der Waals surface area contributed by atoms with Crippen molar-refractivity contribution in [3.05, 3.63) is 0 Å². The first-order valence-electron chi connectivity index (χ1n) is 5.74. The molecule has 0 amide bonds. The summed E-state index contributed by atoms with van der Waals surface area (Å²) in [6.45, 7) is 0. The minimum absolute atomic E-state index is 0. The monoisotopic (exact) mass is 376 g/mol. The number of nitrogens with one attached hydrogen (secondary N) is 2. The minimum Gasteiger partial charge on any atom is -0.809 e. The molecule has 1 aliphatic carbocycles. The Morgan fingerprint density at radius 3 is 2.00 bits per heavy atom. The molecule has 0 bridgehead atoms. The van der Waals surface area contributed by atoms with Gasteiger partial charge >= 0.3 is 66.7 Å². The first kappa shape index (κ1) is 25.2. The van der Waals surface area contributed by atoms with E-state index in [0.29, 0.717) is 0 Å². The van der Waals surface area contributed by atoms with Crippen LogP contribution in [0.25, 0.3) is 0 Å². The summed E-state index contributed by atoms with van der Waals surface area (Å²) in [5.74, 6) is 0. The molecule has 0 heterocycles. The summed E-state index contributed by atoms with van der Waals surface area (Å²) < 4.78 is 21.8. The molecule has 4 N–H and O–H groups in total. The molecule has 1 unspecified atom stereocenters. The average Bonchev–Trinajstić information content (AvgIpc) is 2.24. The maximum absolute atomic E-state index is 11.0. The van der Waals surface area contributed by atoms with Crippen molar-refractivity contribution in [3.63, 3.8) is 0 Å². The van der Waals surface area contributed by atoms with Gasteiger partial charge in [-0.25, -0.2) is 0 Å². The van der Waals surface area contributed by atoms with Gasteiger partial charge in [-0.15, -0.1) is 0 Å². The fourth-order valence-electron chi connectivity index (χ4n) is 1.94. The molecule has 0 spiro atoms. The van der Waals surface area contributed by atoms with Crippen LogP contribution in [0.3, 0.4) is 0 Å². The van der Waals surface area contributed by atoms with Crippen molar-refractivity contribution in [3.8, 4) is 0 Å². The van der Waals surface area contributed by atoms with E-state index >= 15 is 0 Å². The van der Waals surface area contributed by atoms with Gasteiger partial charge in [-0.1, -0.05) is 19.3 Å². The van der Waals surface area contributed by atoms with Gasteiger partial charge in [-0.3, -0.25) is 4.57 Å². The third-order valence-electron chi connectivity index (χ3n) is 2.82. The van der Waals surface area contributed by atoms with E-state index in [4.69, 9.17) is 22.0 Å². The van der Waals surface area contributed by atoms with Crippen LogP contribution in [0.15, 0.2) is 0 Å². The third-order valence-corrected chi connectivity index (χ3v) is 6.30. The van der Waals surface area contributed by atoms with Gasteiger partial charge in [0.25, 0.3) is 0 Å². The van der Waals surface area contributed by atoms with Gasteiger partial charge in [0.1, 0.15) is 0 Å². The number of hydrogen-bond acceptors (Lipinski definition) is 5. The zero-order valence-corrected chi connectivity index (χ0v) is 18.6. The van der Waals surface area contributed by atoms with Crippen molar-refractivity contribution in [2.75, 3.05) is 0 Å². The van der Waals surface area contributed by atoms with Gasteiger partial charge in [0, 0.05) is 6.04 Å². The Kier molecular flexibility index (Phi) is 12.9. The van der Waals surface area contributed by atoms with E-state index in [-0.39, 0.29) is 70.3 Å². The zero-order chi connectivity index (χ0) is 14.7. The minimum atomic E-state index is -5.51. The summed E-state index contributed by atoms with van der Waals surface area (Å²) in [7, 11) is -10.6. The molecule has 0 aromatic heterocycles. The molecule has 0 aliphatic heterocycles. The van der Waals surface area contributed by atoms with Crippen LogP contribution in [-0.4, -0.2) is 26.5 Å². The summed E-state index contributed by atoms with van der Waals surface area (Å²) in [6.07, 6.45) is 4.80. The molecule has 0 saturated heterocycles. The van der Waals surface area contributed by atoms with Crippen LogP contribution < -0.4 is 79.5 Å². The van der Waals surface area contributed by atoms with Gasteiger partial charge in [-0.05, 0) is 32.7 Å². The molecule has 1 fully saturated rings. The van der Waals surface area contributed by atoms with Crippen molar-refractivity contribution in [1.82, 2.24) is 10.6 Å². The van der Waals surface area contributed by atoms with Crippen molar-refractivity contribution < 1.29 is 87.8 Å². The first-order chi connectivity index (χ1) is 8.60. The second-order valence-electron chi connectivity index (χ2n) is 4.46. The molecule has 8 nitrogen and oxygen atoms in total. The van der Waals surface area contributed by atoms with Crippen molar-refractivity contribution in [2.24, 2.45) is 0 Å². The molecule has 21 heavy (non-hydrogen) atoms. The van der Waals surface area contributed by atoms with E-state index in [2.05, 4.69) is 5.32 Å². The van der Waals surface area contributed by atoms with Gasteiger partial charge in [0.15, 0.2) is 10.6 Å². The Morgan fingerprint density at radius 1 is 1.14 bits per heavy atom. The molecular weight excluding hydrogens is 360 g/mol. The second-order valence-corrected chi connectivity index (χ2v) is 8.56. The molecular formula is C8H16N2Na2O6P2S. The van der Waals surface area contributed by atoms with E-state index in [9.17, 15) is 18.9 Å². The Balaban J connectivity index is 0. The fourth-order valence-corrected chi connectivity index (χ4v) is 4.46. The smallest absolute Gasteiger partial charge is 0.809 e. The standard InChI is InChI=1S/C8H18N2O6P2S.2Na/c11-17(12,13)8(18(14,15)16)10-7(19)9-6-4-2-1-3-5-6;;/h6,8H,1-5H2,(H2,9,10,19)(H2,11,12,13)(H2,14,15,16);;/q;2*+1/p-2. The van der Waals surface area contributed by atoms with Crippen molar-refractivity contribution in [2.45, 2.75) is 43.7 Å². The molecule has 112 valence electrons. The molecule has 0 aromatic carbocycles. The Labute approximate surface area is 173 Å². The van der Waals surface area contributed by atoms with E-state index in [1.807, 2.05) is 5.32 Å². The molecule has 0 radical (unpaired) electrons. The number of thiocarbonyl (C=S) groups is 1. The number of hydrogen-bond donors (Lipinski definition) is 4. The summed E-state index contributed by atoms with van der Waals surface area (Å²) >= 11 is 4.78. The Bertz CT molecular complexity index is 403. The van der Waals surface area contributed by atoms with Crippen LogP contribution >= 0.6 is 27.4 Å². The Hall–Kier alpha value is 1.99. The van der Waals surface area contributed by atoms with Crippen LogP contribution in [0.1, 0.15) is 32.1 Å². The van der Waals surface area contributed by atoms with Crippen LogP contribution in [0.5, 0.6) is 0 Å². The van der Waals surface area contributed by atoms with Crippen LogP contribution in [0.4, 0.5) is 0 Å². The molecule has 1 saturated carbocycles. The molecule has 0 aromatic rings. The van der Waals surface area contributed by atoms with E-state index in [1.54, 1.807) is 0 Å². The van der Waals surface area contributed by atoms with Crippen LogP contribution in [0.2, 0.25) is 0 Å². The zero-order valence-electron chi connectivity index (χ0n) is 12.0. The van der Waals surface area contributed by atoms with Crippen molar-refractivity contribution in [1.29, 1.82) is 0 Å². The summed E-state index contributed by atoms with van der Waals surface area (Å²) in [4.78, 5) is 39.4. The van der Waals surface area contributed by atoms with E-state index in [0.717, 1.165) is 32.1 Å². The molecule has 1 rings (SSSR count). The van der Waals surface area contributed by atoms with Crippen LogP contribution in [0, 0.1) is 0 Å². The fraction of sp³-hybridized carbons (Fsp3) is 0.875. The first-order valence-corrected chi connectivity index (χ1v) is 9.45. The van der Waals surface area contributed by atoms with Crippen LogP contribution in [-0.2, 0) is 9.13 Å². The summed E-state index contributed by atoms with van der Waals surface area (Å²) in [5.41, 5.74) is -2.52. The largest absolute Gasteiger partial charge is 1.00 e. The van der Waals surface area contributed by atoms with Gasteiger partial charge in [0.05, 0.1) is 0 Å². The maximum atomic E-state index is 11.0. The molecule has 13 heteroatoms. The number of rotatable bonds is 4. The maximum Gasteiger partial charge on any atom is 1.00 e. The average molecular weight is 376 g/mol. The third kappa shape index (κ3) is 9.77. The van der Waals surface area contributed by atoms with Crippen molar-refractivity contribution >= 4 is 32.5 Å². The Morgan fingerprint density at radius 2 is 1.62 bits per heavy atom. The van der Waals surface area contributed by atoms with Gasteiger partial charge in [0.2, 0.25) is 0 Å². The molecule has 1 atom stereocenters.